The van der Waals surface area contributed by atoms with Crippen LogP contribution in [0.2, 0.25) is 0 Å². The van der Waals surface area contributed by atoms with E-state index in [2.05, 4.69) is 10.6 Å². The maximum atomic E-state index is 14.1. The number of imide groups is 1. The van der Waals surface area contributed by atoms with Crippen molar-refractivity contribution >= 4 is 23.8 Å². The van der Waals surface area contributed by atoms with E-state index in [1.165, 1.54) is 7.11 Å². The highest BCUT2D eigenvalue weighted by molar-refractivity contribution is 5.98. The number of carbonyl (C=O) groups excluding carboxylic acids is 4. The van der Waals surface area contributed by atoms with E-state index in [-0.39, 0.29) is 30.8 Å². The lowest BCUT2D eigenvalue weighted by Crippen LogP contribution is -2.59. The van der Waals surface area contributed by atoms with Gasteiger partial charge in [-0.25, -0.2) is 9.69 Å². The molecule has 1 aromatic rings. The predicted octanol–water partition coefficient (Wildman–Crippen LogP) is 3.35. The van der Waals surface area contributed by atoms with E-state index in [0.717, 1.165) is 10.5 Å². The standard InChI is InChI=1S/C31H50N4O7/c1-19(2)15-23(32)27(36)33-24(16-20(3)4)28(37)34-25(17-21(5)6)29(38)35(26-13-14-41-30(26)40-7)31(39)42-18-22-11-9-8-10-12-22/h8-12,19-21,23-26,30H,13-18,32H2,1-7H3,(H,33,36)(H,34,37)/t23-,24-,25-,26-,30?/m0/s1. The molecule has 1 aromatic carbocycles. The quantitative estimate of drug-likeness (QED) is 0.282. The van der Waals surface area contributed by atoms with Crippen molar-refractivity contribution in [1.82, 2.24) is 15.5 Å². The van der Waals surface area contributed by atoms with E-state index < -0.39 is 54.3 Å². The maximum Gasteiger partial charge on any atom is 0.417 e. The van der Waals surface area contributed by atoms with E-state index in [9.17, 15) is 19.2 Å². The average molecular weight is 591 g/mol. The van der Waals surface area contributed by atoms with Gasteiger partial charge in [-0.1, -0.05) is 71.9 Å². The Balaban J connectivity index is 2.31. The number of hydrogen-bond donors (Lipinski definition) is 3. The summed E-state index contributed by atoms with van der Waals surface area (Å²) >= 11 is 0. The van der Waals surface area contributed by atoms with Gasteiger partial charge < -0.3 is 30.6 Å². The second-order valence-electron chi connectivity index (χ2n) is 12.2. The zero-order valence-electron chi connectivity index (χ0n) is 26.1. The predicted molar refractivity (Wildman–Crippen MR) is 159 cm³/mol. The van der Waals surface area contributed by atoms with Crippen LogP contribution < -0.4 is 16.4 Å². The van der Waals surface area contributed by atoms with Gasteiger partial charge in [0, 0.05) is 7.11 Å². The van der Waals surface area contributed by atoms with Crippen molar-refractivity contribution in [2.45, 2.75) is 104 Å². The van der Waals surface area contributed by atoms with Crippen LogP contribution in [0.5, 0.6) is 0 Å². The van der Waals surface area contributed by atoms with Crippen LogP contribution in [-0.4, -0.2) is 72.9 Å². The topological polar surface area (TPSA) is 149 Å². The Bertz CT molecular complexity index is 1020. The first-order valence-electron chi connectivity index (χ1n) is 14.9. The van der Waals surface area contributed by atoms with Gasteiger partial charge in [0.1, 0.15) is 18.7 Å². The van der Waals surface area contributed by atoms with Gasteiger partial charge in [0.25, 0.3) is 5.91 Å². The number of rotatable bonds is 15. The molecule has 5 atom stereocenters. The second-order valence-corrected chi connectivity index (χ2v) is 12.2. The third kappa shape index (κ3) is 11.0. The van der Waals surface area contributed by atoms with E-state index in [4.69, 9.17) is 19.9 Å². The first-order chi connectivity index (χ1) is 19.8. The normalized spacial score (nSPS) is 18.9. The molecule has 4 N–H and O–H groups in total. The lowest BCUT2D eigenvalue weighted by atomic mass is 9.98. The Morgan fingerprint density at radius 3 is 2.05 bits per heavy atom. The summed E-state index contributed by atoms with van der Waals surface area (Å²) in [7, 11) is 1.44. The number of nitrogens with zero attached hydrogens (tertiary/aromatic N) is 1. The summed E-state index contributed by atoms with van der Waals surface area (Å²) in [6, 6.07) is 5.67. The van der Waals surface area contributed by atoms with Crippen molar-refractivity contribution < 1.29 is 33.4 Å². The van der Waals surface area contributed by atoms with Crippen molar-refractivity contribution in [3.63, 3.8) is 0 Å². The molecular formula is C31H50N4O7. The number of carbonyl (C=O) groups is 4. The fourth-order valence-electron chi connectivity index (χ4n) is 4.94. The van der Waals surface area contributed by atoms with Crippen LogP contribution in [0.3, 0.4) is 0 Å². The molecule has 236 valence electrons. The van der Waals surface area contributed by atoms with Crippen LogP contribution in [0, 0.1) is 17.8 Å². The molecule has 2 rings (SSSR count). The Kier molecular flexibility index (Phi) is 14.4. The van der Waals surface area contributed by atoms with Gasteiger partial charge in [0.05, 0.1) is 18.7 Å². The maximum absolute atomic E-state index is 14.1. The molecule has 11 nitrogen and oxygen atoms in total. The van der Waals surface area contributed by atoms with Gasteiger partial charge in [-0.15, -0.1) is 0 Å². The van der Waals surface area contributed by atoms with E-state index >= 15 is 0 Å². The summed E-state index contributed by atoms with van der Waals surface area (Å²) in [5.74, 6) is -1.29. The number of hydrogen-bond acceptors (Lipinski definition) is 8. The number of ether oxygens (including phenoxy) is 3. The number of benzene rings is 1. The van der Waals surface area contributed by atoms with Crippen LogP contribution in [0.4, 0.5) is 4.79 Å². The van der Waals surface area contributed by atoms with E-state index in [0.29, 0.717) is 25.9 Å². The summed E-state index contributed by atoms with van der Waals surface area (Å²) in [5.41, 5.74) is 6.84. The molecule has 0 spiro atoms. The summed E-state index contributed by atoms with van der Waals surface area (Å²) in [6.45, 7) is 11.9. The largest absolute Gasteiger partial charge is 0.444 e. The Labute approximate surface area is 250 Å². The molecular weight excluding hydrogens is 540 g/mol. The molecule has 11 heteroatoms. The third-order valence-corrected chi connectivity index (χ3v) is 6.94. The molecule has 4 amide bonds. The Hall–Kier alpha value is -3.02. The molecule has 0 saturated carbocycles. The number of nitrogens with one attached hydrogen (secondary N) is 2. The minimum absolute atomic E-state index is 0.00269. The molecule has 1 unspecified atom stereocenters. The Morgan fingerprint density at radius 2 is 1.48 bits per heavy atom. The van der Waals surface area contributed by atoms with E-state index in [1.807, 2.05) is 71.9 Å². The number of nitrogens with two attached hydrogens (primary N) is 1. The lowest BCUT2D eigenvalue weighted by molar-refractivity contribution is -0.148. The fourth-order valence-corrected chi connectivity index (χ4v) is 4.94. The number of methoxy groups -OCH3 is 1. The third-order valence-electron chi connectivity index (χ3n) is 6.94. The van der Waals surface area contributed by atoms with Gasteiger partial charge in [0.2, 0.25) is 11.8 Å². The monoisotopic (exact) mass is 590 g/mol. The molecule has 0 radical (unpaired) electrons. The highest BCUT2D eigenvalue weighted by Crippen LogP contribution is 2.24. The summed E-state index contributed by atoms with van der Waals surface area (Å²) < 4.78 is 16.6. The molecule has 1 aliphatic heterocycles. The molecule has 1 heterocycles. The first kappa shape index (κ1) is 35.2. The number of amides is 4. The fraction of sp³-hybridized carbons (Fsp3) is 0.677. The van der Waals surface area contributed by atoms with Gasteiger partial charge >= 0.3 is 6.09 Å². The van der Waals surface area contributed by atoms with Crippen molar-refractivity contribution in [3.05, 3.63) is 35.9 Å². The second kappa shape index (κ2) is 17.2. The molecule has 1 fully saturated rings. The molecule has 1 saturated heterocycles. The molecule has 42 heavy (non-hydrogen) atoms. The SMILES string of the molecule is COC1OCC[C@@H]1N(C(=O)OCc1ccccc1)C(=O)[C@H](CC(C)C)NC(=O)[C@H](CC(C)C)NC(=O)[C@@H](N)CC(C)C. The minimum atomic E-state index is -1.06. The van der Waals surface area contributed by atoms with Crippen LogP contribution in [0.1, 0.15) is 72.8 Å². The summed E-state index contributed by atoms with van der Waals surface area (Å²) in [4.78, 5) is 55.0. The van der Waals surface area contributed by atoms with Gasteiger partial charge in [-0.3, -0.25) is 14.4 Å². The van der Waals surface area contributed by atoms with Crippen molar-refractivity contribution in [3.8, 4) is 0 Å². The van der Waals surface area contributed by atoms with Crippen LogP contribution in [0.25, 0.3) is 0 Å². The smallest absolute Gasteiger partial charge is 0.417 e. The summed E-state index contributed by atoms with van der Waals surface area (Å²) in [6.07, 6.45) is -0.249. The van der Waals surface area contributed by atoms with Crippen LogP contribution >= 0.6 is 0 Å². The molecule has 0 aliphatic carbocycles. The van der Waals surface area contributed by atoms with Crippen LogP contribution in [0.15, 0.2) is 30.3 Å². The lowest BCUT2D eigenvalue weighted by Gasteiger charge is -2.33. The average Bonchev–Trinajstić information content (AvgIpc) is 3.39. The highest BCUT2D eigenvalue weighted by Gasteiger charge is 2.43. The van der Waals surface area contributed by atoms with Crippen molar-refractivity contribution in [1.29, 1.82) is 0 Å². The zero-order chi connectivity index (χ0) is 31.4. The summed E-state index contributed by atoms with van der Waals surface area (Å²) in [5, 5.41) is 5.61. The van der Waals surface area contributed by atoms with E-state index in [1.54, 1.807) is 0 Å². The highest BCUT2D eigenvalue weighted by atomic mass is 16.7. The molecule has 0 aromatic heterocycles. The van der Waals surface area contributed by atoms with Gasteiger partial charge in [-0.2, -0.15) is 0 Å². The molecule has 1 aliphatic rings. The molecule has 0 bridgehead atoms. The zero-order valence-corrected chi connectivity index (χ0v) is 26.1. The van der Waals surface area contributed by atoms with Gasteiger partial charge in [0.15, 0.2) is 6.29 Å². The van der Waals surface area contributed by atoms with Crippen LogP contribution in [-0.2, 0) is 35.2 Å². The van der Waals surface area contributed by atoms with Gasteiger partial charge in [-0.05, 0) is 49.0 Å². The Morgan fingerprint density at radius 1 is 0.905 bits per heavy atom. The van der Waals surface area contributed by atoms with Crippen molar-refractivity contribution in [2.75, 3.05) is 13.7 Å². The minimum Gasteiger partial charge on any atom is -0.444 e. The first-order valence-corrected chi connectivity index (χ1v) is 14.9. The van der Waals surface area contributed by atoms with Crippen molar-refractivity contribution in [2.24, 2.45) is 23.5 Å².